The van der Waals surface area contributed by atoms with E-state index in [0.29, 0.717) is 12.1 Å². The lowest BCUT2D eigenvalue weighted by atomic mass is 10.1. The highest BCUT2D eigenvalue weighted by molar-refractivity contribution is 5.56. The van der Waals surface area contributed by atoms with Gasteiger partial charge < -0.3 is 15.3 Å². The second-order valence-corrected chi connectivity index (χ2v) is 5.03. The van der Waals surface area contributed by atoms with Crippen LogP contribution in [0.4, 0.5) is 18.9 Å². The van der Waals surface area contributed by atoms with Crippen LogP contribution < -0.4 is 10.2 Å². The summed E-state index contributed by atoms with van der Waals surface area (Å²) in [7, 11) is 1.53. The molecule has 0 aliphatic heterocycles. The highest BCUT2D eigenvalue weighted by atomic mass is 19.4. The van der Waals surface area contributed by atoms with E-state index in [2.05, 4.69) is 5.32 Å². The highest BCUT2D eigenvalue weighted by Crippen LogP contribution is 2.36. The van der Waals surface area contributed by atoms with Gasteiger partial charge in [-0.2, -0.15) is 13.2 Å². The molecule has 0 aromatic heterocycles. The summed E-state index contributed by atoms with van der Waals surface area (Å²) in [6, 6.07) is 4.50. The SMILES string of the molecule is CC(C)NCc1ccc(N(C)CCO)c(C(F)(F)F)c1. The number of likely N-dealkylation sites (N-methyl/N-ethyl adjacent to an activating group) is 1. The van der Waals surface area contributed by atoms with E-state index in [1.165, 1.54) is 24.1 Å². The first-order valence-electron chi connectivity index (χ1n) is 6.51. The number of alkyl halides is 3. The highest BCUT2D eigenvalue weighted by Gasteiger charge is 2.34. The minimum absolute atomic E-state index is 0.0832. The van der Waals surface area contributed by atoms with Gasteiger partial charge in [0.25, 0.3) is 0 Å². The topological polar surface area (TPSA) is 35.5 Å². The maximum Gasteiger partial charge on any atom is 0.418 e. The van der Waals surface area contributed by atoms with Crippen LogP contribution in [-0.4, -0.2) is 31.3 Å². The van der Waals surface area contributed by atoms with E-state index in [-0.39, 0.29) is 24.9 Å². The molecule has 0 atom stereocenters. The van der Waals surface area contributed by atoms with Gasteiger partial charge in [-0.1, -0.05) is 19.9 Å². The third-order valence-corrected chi connectivity index (χ3v) is 2.93. The quantitative estimate of drug-likeness (QED) is 0.845. The molecule has 0 aliphatic carbocycles. The number of aliphatic hydroxyl groups is 1. The molecular formula is C14H21F3N2O. The van der Waals surface area contributed by atoms with Gasteiger partial charge in [0.2, 0.25) is 0 Å². The molecule has 20 heavy (non-hydrogen) atoms. The van der Waals surface area contributed by atoms with Gasteiger partial charge >= 0.3 is 6.18 Å². The molecule has 0 unspecified atom stereocenters. The smallest absolute Gasteiger partial charge is 0.395 e. The minimum Gasteiger partial charge on any atom is -0.395 e. The van der Waals surface area contributed by atoms with Gasteiger partial charge in [-0.25, -0.2) is 0 Å². The summed E-state index contributed by atoms with van der Waals surface area (Å²) in [4.78, 5) is 1.41. The van der Waals surface area contributed by atoms with Crippen LogP contribution in [0.25, 0.3) is 0 Å². The fraction of sp³-hybridized carbons (Fsp3) is 0.571. The Bertz CT molecular complexity index is 433. The first-order chi connectivity index (χ1) is 9.25. The number of hydrogen-bond donors (Lipinski definition) is 2. The Hall–Kier alpha value is -1.27. The Morgan fingerprint density at radius 1 is 1.30 bits per heavy atom. The Kier molecular flexibility index (Phi) is 5.83. The van der Waals surface area contributed by atoms with E-state index >= 15 is 0 Å². The van der Waals surface area contributed by atoms with Gasteiger partial charge in [-0.15, -0.1) is 0 Å². The third kappa shape index (κ3) is 4.68. The van der Waals surface area contributed by atoms with E-state index in [0.717, 1.165) is 0 Å². The average Bonchev–Trinajstić information content (AvgIpc) is 2.35. The zero-order valence-electron chi connectivity index (χ0n) is 12.0. The monoisotopic (exact) mass is 290 g/mol. The maximum atomic E-state index is 13.1. The van der Waals surface area contributed by atoms with Crippen LogP contribution in [0.2, 0.25) is 0 Å². The fourth-order valence-electron chi connectivity index (χ4n) is 1.85. The fourth-order valence-corrected chi connectivity index (χ4v) is 1.85. The minimum atomic E-state index is -4.41. The summed E-state index contributed by atoms with van der Waals surface area (Å²) in [5.41, 5.74) is 0.00327. The molecule has 6 heteroatoms. The standard InChI is InChI=1S/C14H21F3N2O/c1-10(2)18-9-11-4-5-13(19(3)6-7-20)12(8-11)14(15,16)17/h4-5,8,10,18,20H,6-7,9H2,1-3H3. The summed E-state index contributed by atoms with van der Waals surface area (Å²) in [5.74, 6) is 0. The molecule has 0 fully saturated rings. The number of benzene rings is 1. The molecule has 0 amide bonds. The van der Waals surface area contributed by atoms with Crippen molar-refractivity contribution in [3.8, 4) is 0 Å². The number of rotatable bonds is 6. The predicted octanol–water partition coefficient (Wildman–Crippen LogP) is 2.63. The zero-order valence-corrected chi connectivity index (χ0v) is 12.0. The van der Waals surface area contributed by atoms with Gasteiger partial charge in [0, 0.05) is 31.9 Å². The van der Waals surface area contributed by atoms with E-state index < -0.39 is 11.7 Å². The van der Waals surface area contributed by atoms with E-state index in [1.807, 2.05) is 13.8 Å². The van der Waals surface area contributed by atoms with Crippen molar-refractivity contribution in [1.29, 1.82) is 0 Å². The normalized spacial score (nSPS) is 12.0. The molecular weight excluding hydrogens is 269 g/mol. The van der Waals surface area contributed by atoms with E-state index in [1.54, 1.807) is 6.07 Å². The van der Waals surface area contributed by atoms with Crippen molar-refractivity contribution in [2.24, 2.45) is 0 Å². The second-order valence-electron chi connectivity index (χ2n) is 5.03. The summed E-state index contributed by atoms with van der Waals surface area (Å²) >= 11 is 0. The second kappa shape index (κ2) is 6.95. The van der Waals surface area contributed by atoms with Crippen LogP contribution in [0.15, 0.2) is 18.2 Å². The molecule has 0 bridgehead atoms. The number of nitrogens with zero attached hydrogens (tertiary/aromatic N) is 1. The Balaban J connectivity index is 3.07. The van der Waals surface area contributed by atoms with Crippen LogP contribution >= 0.6 is 0 Å². The van der Waals surface area contributed by atoms with Crippen molar-refractivity contribution < 1.29 is 18.3 Å². The number of hydrogen-bond acceptors (Lipinski definition) is 3. The number of halogens is 3. The summed E-state index contributed by atoms with van der Waals surface area (Å²) in [6.45, 7) is 4.24. The lowest BCUT2D eigenvalue weighted by Crippen LogP contribution is -2.25. The molecule has 1 aromatic carbocycles. The van der Waals surface area contributed by atoms with E-state index in [4.69, 9.17) is 5.11 Å². The predicted molar refractivity (Wildman–Crippen MR) is 73.8 cm³/mol. The van der Waals surface area contributed by atoms with Gasteiger partial charge in [0.15, 0.2) is 0 Å². The van der Waals surface area contributed by atoms with Crippen LogP contribution in [-0.2, 0) is 12.7 Å². The Morgan fingerprint density at radius 2 is 1.95 bits per heavy atom. The zero-order chi connectivity index (χ0) is 15.3. The van der Waals surface area contributed by atoms with Crippen LogP contribution in [0.3, 0.4) is 0 Å². The van der Waals surface area contributed by atoms with Crippen molar-refractivity contribution in [1.82, 2.24) is 5.32 Å². The summed E-state index contributed by atoms with van der Waals surface area (Å²) in [5, 5.41) is 12.0. The van der Waals surface area contributed by atoms with Gasteiger partial charge in [-0.3, -0.25) is 0 Å². The number of aliphatic hydroxyl groups excluding tert-OH is 1. The van der Waals surface area contributed by atoms with Crippen LogP contribution in [0, 0.1) is 0 Å². The summed E-state index contributed by atoms with van der Waals surface area (Å²) in [6.07, 6.45) is -4.41. The largest absolute Gasteiger partial charge is 0.418 e. The van der Waals surface area contributed by atoms with Gasteiger partial charge in [-0.05, 0) is 17.7 Å². The molecule has 0 aliphatic rings. The molecule has 0 radical (unpaired) electrons. The lowest BCUT2D eigenvalue weighted by molar-refractivity contribution is -0.137. The molecule has 0 heterocycles. The average molecular weight is 290 g/mol. The first-order valence-corrected chi connectivity index (χ1v) is 6.51. The summed E-state index contributed by atoms with van der Waals surface area (Å²) < 4.78 is 39.4. The van der Waals surface area contributed by atoms with Gasteiger partial charge in [0.1, 0.15) is 0 Å². The molecule has 1 rings (SSSR count). The lowest BCUT2D eigenvalue weighted by Gasteiger charge is -2.23. The third-order valence-electron chi connectivity index (χ3n) is 2.93. The Morgan fingerprint density at radius 3 is 2.45 bits per heavy atom. The van der Waals surface area contributed by atoms with Crippen molar-refractivity contribution in [2.45, 2.75) is 32.6 Å². The van der Waals surface area contributed by atoms with Crippen LogP contribution in [0.5, 0.6) is 0 Å². The number of nitrogens with one attached hydrogen (secondary N) is 1. The van der Waals surface area contributed by atoms with Crippen molar-refractivity contribution in [3.05, 3.63) is 29.3 Å². The molecule has 3 nitrogen and oxygen atoms in total. The molecule has 0 spiro atoms. The first kappa shape index (κ1) is 16.8. The van der Waals surface area contributed by atoms with Crippen molar-refractivity contribution in [2.75, 3.05) is 25.1 Å². The van der Waals surface area contributed by atoms with Gasteiger partial charge in [0.05, 0.1) is 12.2 Å². The molecule has 2 N–H and O–H groups in total. The maximum absolute atomic E-state index is 13.1. The molecule has 1 aromatic rings. The molecule has 114 valence electrons. The van der Waals surface area contributed by atoms with Crippen LogP contribution in [0.1, 0.15) is 25.0 Å². The number of anilines is 1. The molecule has 0 saturated carbocycles. The molecule has 0 saturated heterocycles. The van der Waals surface area contributed by atoms with Crippen molar-refractivity contribution in [3.63, 3.8) is 0 Å². The Labute approximate surface area is 117 Å². The van der Waals surface area contributed by atoms with Crippen molar-refractivity contribution >= 4 is 5.69 Å². The van der Waals surface area contributed by atoms with E-state index in [9.17, 15) is 13.2 Å².